The Morgan fingerprint density at radius 2 is 2.17 bits per heavy atom. The van der Waals surface area contributed by atoms with Crippen LogP contribution in [0.4, 0.5) is 0 Å². The molecule has 0 fully saturated rings. The molecule has 0 aliphatic carbocycles. The Balaban J connectivity index is 2.26. The highest BCUT2D eigenvalue weighted by molar-refractivity contribution is 9.10. The van der Waals surface area contributed by atoms with Gasteiger partial charge in [0.2, 0.25) is 0 Å². The minimum Gasteiger partial charge on any atom is -0.465 e. The molecular formula is C11H7BrClNO3S. The first-order valence-electron chi connectivity index (χ1n) is 4.79. The second kappa shape index (κ2) is 5.69. The second-order valence-corrected chi connectivity index (χ2v) is 5.30. The van der Waals surface area contributed by atoms with Crippen LogP contribution < -0.4 is 4.74 Å². The molecule has 0 bridgehead atoms. The first-order valence-corrected chi connectivity index (χ1v) is 6.77. The average molecular weight is 349 g/mol. The normalized spacial score (nSPS) is 10.2. The number of rotatable bonds is 3. The van der Waals surface area contributed by atoms with Gasteiger partial charge in [-0.05, 0) is 28.1 Å². The summed E-state index contributed by atoms with van der Waals surface area (Å²) in [6, 6.07) is 7.31. The highest BCUT2D eigenvalue weighted by atomic mass is 79.9. The average Bonchev–Trinajstić information content (AvgIpc) is 2.72. The lowest BCUT2D eigenvalue weighted by molar-refractivity contribution is 0.0606. The number of esters is 1. The van der Waals surface area contributed by atoms with Gasteiger partial charge in [-0.3, -0.25) is 0 Å². The molecule has 94 valence electrons. The van der Waals surface area contributed by atoms with Gasteiger partial charge >= 0.3 is 5.97 Å². The standard InChI is InChI=1S/C11H7BrClNO3S/c1-16-10(15)8-9(13)14-11(18-8)17-7-5-3-2-4-6(7)12/h2-5H,1H3. The molecule has 0 saturated carbocycles. The molecule has 7 heteroatoms. The largest absolute Gasteiger partial charge is 0.465 e. The fraction of sp³-hybridized carbons (Fsp3) is 0.0909. The fourth-order valence-electron chi connectivity index (χ4n) is 1.17. The molecule has 1 heterocycles. The van der Waals surface area contributed by atoms with Gasteiger partial charge in [0, 0.05) is 0 Å². The Kier molecular flexibility index (Phi) is 4.21. The van der Waals surface area contributed by atoms with E-state index in [1.807, 2.05) is 18.2 Å². The lowest BCUT2D eigenvalue weighted by Gasteiger charge is -2.02. The SMILES string of the molecule is COC(=O)c1sc(Oc2ccccc2Br)nc1Cl. The van der Waals surface area contributed by atoms with Crippen LogP contribution in [0.1, 0.15) is 9.67 Å². The van der Waals surface area contributed by atoms with E-state index in [2.05, 4.69) is 25.7 Å². The summed E-state index contributed by atoms with van der Waals surface area (Å²) in [6.07, 6.45) is 0. The summed E-state index contributed by atoms with van der Waals surface area (Å²) >= 11 is 10.2. The molecule has 0 spiro atoms. The molecule has 0 aliphatic rings. The van der Waals surface area contributed by atoms with Gasteiger partial charge in [0.05, 0.1) is 11.6 Å². The highest BCUT2D eigenvalue weighted by Gasteiger charge is 2.18. The van der Waals surface area contributed by atoms with Gasteiger partial charge < -0.3 is 9.47 Å². The van der Waals surface area contributed by atoms with Gasteiger partial charge in [-0.2, -0.15) is 4.98 Å². The Bertz CT molecular complexity index is 587. The summed E-state index contributed by atoms with van der Waals surface area (Å²) in [5.41, 5.74) is 0. The summed E-state index contributed by atoms with van der Waals surface area (Å²) in [6.45, 7) is 0. The molecule has 2 aromatic rings. The molecule has 0 atom stereocenters. The molecule has 0 N–H and O–H groups in total. The number of para-hydroxylation sites is 1. The van der Waals surface area contributed by atoms with Gasteiger partial charge in [-0.1, -0.05) is 35.1 Å². The topological polar surface area (TPSA) is 48.4 Å². The second-order valence-electron chi connectivity index (χ2n) is 3.12. The van der Waals surface area contributed by atoms with E-state index >= 15 is 0 Å². The molecular weight excluding hydrogens is 342 g/mol. The van der Waals surface area contributed by atoms with Crippen molar-refractivity contribution < 1.29 is 14.3 Å². The Morgan fingerprint density at radius 1 is 1.44 bits per heavy atom. The van der Waals surface area contributed by atoms with Gasteiger partial charge in [-0.15, -0.1) is 0 Å². The van der Waals surface area contributed by atoms with Crippen LogP contribution in [0.15, 0.2) is 28.7 Å². The maximum absolute atomic E-state index is 11.4. The first-order chi connectivity index (χ1) is 8.61. The van der Waals surface area contributed by atoms with Crippen molar-refractivity contribution in [2.75, 3.05) is 7.11 Å². The van der Waals surface area contributed by atoms with Crippen molar-refractivity contribution in [3.63, 3.8) is 0 Å². The molecule has 18 heavy (non-hydrogen) atoms. The number of halogens is 2. The van der Waals surface area contributed by atoms with E-state index in [1.54, 1.807) is 6.07 Å². The molecule has 0 aliphatic heterocycles. The molecule has 0 saturated heterocycles. The number of aromatic nitrogens is 1. The van der Waals surface area contributed by atoms with Gasteiger partial charge in [-0.25, -0.2) is 4.79 Å². The third kappa shape index (κ3) is 2.82. The number of ether oxygens (including phenoxy) is 2. The molecule has 1 aromatic carbocycles. The van der Waals surface area contributed by atoms with Crippen LogP contribution in [0.5, 0.6) is 10.9 Å². The van der Waals surface area contributed by atoms with E-state index in [1.165, 1.54) is 7.11 Å². The van der Waals surface area contributed by atoms with Crippen LogP contribution in [-0.4, -0.2) is 18.1 Å². The number of carbonyl (C=O) groups is 1. The van der Waals surface area contributed by atoms with Gasteiger partial charge in [0.1, 0.15) is 5.75 Å². The van der Waals surface area contributed by atoms with E-state index in [9.17, 15) is 4.79 Å². The summed E-state index contributed by atoms with van der Waals surface area (Å²) < 4.78 is 10.9. The lowest BCUT2D eigenvalue weighted by Crippen LogP contribution is -1.98. The maximum Gasteiger partial charge on any atom is 0.351 e. The zero-order valence-corrected chi connectivity index (χ0v) is 12.3. The van der Waals surface area contributed by atoms with Crippen LogP contribution >= 0.6 is 38.9 Å². The first kappa shape index (κ1) is 13.3. The van der Waals surface area contributed by atoms with E-state index in [-0.39, 0.29) is 15.2 Å². The summed E-state index contributed by atoms with van der Waals surface area (Å²) in [5, 5.41) is 0.362. The quantitative estimate of drug-likeness (QED) is 0.782. The van der Waals surface area contributed by atoms with Crippen molar-refractivity contribution >= 4 is 44.8 Å². The molecule has 0 radical (unpaired) electrons. The molecule has 4 nitrogen and oxygen atoms in total. The predicted octanol–water partition coefficient (Wildman–Crippen LogP) is 4.14. The Morgan fingerprint density at radius 3 is 2.83 bits per heavy atom. The third-order valence-corrected chi connectivity index (χ3v) is 3.92. The van der Waals surface area contributed by atoms with E-state index in [4.69, 9.17) is 16.3 Å². The molecule has 1 aromatic heterocycles. The fourth-order valence-corrected chi connectivity index (χ4v) is 2.59. The summed E-state index contributed by atoms with van der Waals surface area (Å²) in [5.74, 6) is 0.0683. The van der Waals surface area contributed by atoms with Crippen molar-refractivity contribution in [2.24, 2.45) is 0 Å². The van der Waals surface area contributed by atoms with Crippen LogP contribution in [0.3, 0.4) is 0 Å². The van der Waals surface area contributed by atoms with Crippen molar-refractivity contribution in [1.82, 2.24) is 4.98 Å². The smallest absolute Gasteiger partial charge is 0.351 e. The number of methoxy groups -OCH3 is 1. The maximum atomic E-state index is 11.4. The van der Waals surface area contributed by atoms with E-state index in [0.717, 1.165) is 15.8 Å². The molecule has 2 rings (SSSR count). The summed E-state index contributed by atoms with van der Waals surface area (Å²) in [7, 11) is 1.28. The van der Waals surface area contributed by atoms with E-state index in [0.29, 0.717) is 5.75 Å². The summed E-state index contributed by atoms with van der Waals surface area (Å²) in [4.78, 5) is 15.5. The minimum atomic E-state index is -0.528. The zero-order chi connectivity index (χ0) is 13.1. The number of hydrogen-bond donors (Lipinski definition) is 0. The highest BCUT2D eigenvalue weighted by Crippen LogP contribution is 2.35. The van der Waals surface area contributed by atoms with Crippen molar-refractivity contribution in [3.8, 4) is 10.9 Å². The number of carbonyl (C=O) groups excluding carboxylic acids is 1. The van der Waals surface area contributed by atoms with Crippen LogP contribution in [0.2, 0.25) is 5.15 Å². The molecule has 0 unspecified atom stereocenters. The number of thiazole rings is 1. The van der Waals surface area contributed by atoms with Crippen LogP contribution in [-0.2, 0) is 4.74 Å². The van der Waals surface area contributed by atoms with Crippen molar-refractivity contribution in [1.29, 1.82) is 0 Å². The Labute approximate surface area is 121 Å². The van der Waals surface area contributed by atoms with Crippen LogP contribution in [0, 0.1) is 0 Å². The number of benzene rings is 1. The molecule has 0 amide bonds. The van der Waals surface area contributed by atoms with E-state index < -0.39 is 5.97 Å². The number of hydrogen-bond acceptors (Lipinski definition) is 5. The van der Waals surface area contributed by atoms with Gasteiger partial charge in [0.25, 0.3) is 5.19 Å². The predicted molar refractivity (Wildman–Crippen MR) is 72.7 cm³/mol. The Hall–Kier alpha value is -1.11. The van der Waals surface area contributed by atoms with Crippen molar-refractivity contribution in [2.45, 2.75) is 0 Å². The number of nitrogens with zero attached hydrogens (tertiary/aromatic N) is 1. The lowest BCUT2D eigenvalue weighted by atomic mass is 10.3. The monoisotopic (exact) mass is 347 g/mol. The third-order valence-electron chi connectivity index (χ3n) is 1.97. The van der Waals surface area contributed by atoms with Crippen LogP contribution in [0.25, 0.3) is 0 Å². The zero-order valence-electron chi connectivity index (χ0n) is 9.15. The van der Waals surface area contributed by atoms with Gasteiger partial charge in [0.15, 0.2) is 10.0 Å². The minimum absolute atomic E-state index is 0.0777. The van der Waals surface area contributed by atoms with Crippen molar-refractivity contribution in [3.05, 3.63) is 38.8 Å².